The molecule has 0 heterocycles. The van der Waals surface area contributed by atoms with Gasteiger partial charge in [-0.25, -0.2) is 9.36 Å². The summed E-state index contributed by atoms with van der Waals surface area (Å²) in [5, 5.41) is 9.54. The highest BCUT2D eigenvalue weighted by atomic mass is 31.2. The van der Waals surface area contributed by atoms with E-state index >= 15 is 0 Å². The van der Waals surface area contributed by atoms with Crippen molar-refractivity contribution in [3.05, 3.63) is 12.2 Å². The first kappa shape index (κ1) is 18.3. The van der Waals surface area contributed by atoms with Crippen LogP contribution in [0.2, 0.25) is 0 Å². The van der Waals surface area contributed by atoms with Crippen molar-refractivity contribution < 1.29 is 28.4 Å². The number of phosphoric acid groups is 1. The average Bonchev–Trinajstić information content (AvgIpc) is 2.31. The minimum atomic E-state index is -4.47. The Morgan fingerprint density at radius 2 is 2.00 bits per heavy atom. The Bertz CT molecular complexity index is 341. The summed E-state index contributed by atoms with van der Waals surface area (Å²) >= 11 is 0. The van der Waals surface area contributed by atoms with Crippen LogP contribution in [-0.4, -0.2) is 28.7 Å². The molecule has 112 valence electrons. The summed E-state index contributed by atoms with van der Waals surface area (Å²) in [6.45, 7) is 6.37. The number of hydrogen-bond donors (Lipinski definition) is 2. The second-order valence-electron chi connectivity index (χ2n) is 4.43. The smallest absolute Gasteiger partial charge is 0.391 e. The second-order valence-corrected chi connectivity index (χ2v) is 5.80. The maximum atomic E-state index is 11.3. The summed E-state index contributed by atoms with van der Waals surface area (Å²) in [7, 11) is -4.47. The third-order valence-electron chi connectivity index (χ3n) is 2.37. The van der Waals surface area contributed by atoms with Crippen LogP contribution in [0.15, 0.2) is 12.2 Å². The molecule has 0 aromatic heterocycles. The number of carbonyl (C=O) groups is 1. The highest BCUT2D eigenvalue weighted by Gasteiger charge is 2.27. The van der Waals surface area contributed by atoms with Gasteiger partial charge >= 0.3 is 13.8 Å². The molecule has 0 aliphatic heterocycles. The predicted octanol–water partition coefficient (Wildman–Crippen LogP) is 2.55. The normalized spacial score (nSPS) is 15.6. The Morgan fingerprint density at radius 3 is 2.53 bits per heavy atom. The van der Waals surface area contributed by atoms with Gasteiger partial charge in [-0.2, -0.15) is 0 Å². The second kappa shape index (κ2) is 9.26. The molecule has 0 fully saturated rings. The molecule has 2 N–H and O–H groups in total. The predicted molar refractivity (Wildman–Crippen MR) is 71.4 cm³/mol. The van der Waals surface area contributed by atoms with E-state index in [2.05, 4.69) is 22.6 Å². The zero-order chi connectivity index (χ0) is 14.9. The van der Waals surface area contributed by atoms with Crippen LogP contribution in [0.3, 0.4) is 0 Å². The molecule has 0 rings (SSSR count). The van der Waals surface area contributed by atoms with Gasteiger partial charge in [0.1, 0.15) is 0 Å². The van der Waals surface area contributed by atoms with E-state index in [9.17, 15) is 19.4 Å². The summed E-state index contributed by atoms with van der Waals surface area (Å²) in [5.74, 6) is -0.997. The summed E-state index contributed by atoms with van der Waals surface area (Å²) in [5.41, 5.74) is -0.00186. The van der Waals surface area contributed by atoms with Gasteiger partial charge in [-0.3, -0.25) is 9.42 Å². The number of aliphatic hydroxyl groups excluding tert-OH is 1. The summed E-state index contributed by atoms with van der Waals surface area (Å²) in [6, 6.07) is 0. The SMILES string of the molecule is C=C(C)C(=O)OP(=O)(O)OCC(O)CCCCCC. The van der Waals surface area contributed by atoms with Crippen molar-refractivity contribution in [3.63, 3.8) is 0 Å². The van der Waals surface area contributed by atoms with Crippen molar-refractivity contribution in [1.29, 1.82) is 0 Å². The maximum absolute atomic E-state index is 11.3. The minimum absolute atomic E-state index is 0.00186. The molecule has 0 aromatic rings. The molecule has 7 heteroatoms. The Kier molecular flexibility index (Phi) is 8.93. The highest BCUT2D eigenvalue weighted by Crippen LogP contribution is 2.44. The van der Waals surface area contributed by atoms with Crippen LogP contribution < -0.4 is 0 Å². The van der Waals surface area contributed by atoms with Gasteiger partial charge in [-0.1, -0.05) is 39.2 Å². The minimum Gasteiger partial charge on any atom is -0.391 e. The molecule has 0 aromatic carbocycles. The number of carbonyl (C=O) groups excluding carboxylic acids is 1. The monoisotopic (exact) mass is 294 g/mol. The molecule has 6 nitrogen and oxygen atoms in total. The van der Waals surface area contributed by atoms with Crippen LogP contribution >= 0.6 is 7.82 Å². The standard InChI is InChI=1S/C12H23O6P/c1-4-5-6-7-8-11(13)9-17-19(15,16)18-12(14)10(2)3/h11,13H,2,4-9H2,1,3H3,(H,15,16). The Labute approximate surface area is 114 Å². The fraction of sp³-hybridized carbons (Fsp3) is 0.750. The fourth-order valence-electron chi connectivity index (χ4n) is 1.28. The topological polar surface area (TPSA) is 93.1 Å². The molecule has 0 radical (unpaired) electrons. The van der Waals surface area contributed by atoms with Crippen molar-refractivity contribution in [2.24, 2.45) is 0 Å². The maximum Gasteiger partial charge on any atom is 0.529 e. The molecule has 0 amide bonds. The number of phosphoric ester groups is 1. The summed E-state index contributed by atoms with van der Waals surface area (Å²) in [4.78, 5) is 20.3. The van der Waals surface area contributed by atoms with E-state index in [-0.39, 0.29) is 12.2 Å². The molecule has 0 saturated carbocycles. The number of aliphatic hydroxyl groups is 1. The van der Waals surface area contributed by atoms with E-state index in [1.807, 2.05) is 0 Å². The van der Waals surface area contributed by atoms with Crippen molar-refractivity contribution in [1.82, 2.24) is 0 Å². The van der Waals surface area contributed by atoms with Gasteiger partial charge in [-0.15, -0.1) is 0 Å². The van der Waals surface area contributed by atoms with Crippen molar-refractivity contribution in [2.45, 2.75) is 52.1 Å². The van der Waals surface area contributed by atoms with E-state index in [4.69, 9.17) is 0 Å². The Morgan fingerprint density at radius 1 is 1.37 bits per heavy atom. The first-order valence-corrected chi connectivity index (χ1v) is 7.83. The van der Waals surface area contributed by atoms with Crippen LogP contribution in [0.1, 0.15) is 46.0 Å². The van der Waals surface area contributed by atoms with Crippen LogP contribution in [0.25, 0.3) is 0 Å². The van der Waals surface area contributed by atoms with E-state index in [0.29, 0.717) is 6.42 Å². The van der Waals surface area contributed by atoms with Crippen molar-refractivity contribution in [2.75, 3.05) is 6.61 Å². The largest absolute Gasteiger partial charge is 0.529 e. The van der Waals surface area contributed by atoms with Gasteiger partial charge in [0, 0.05) is 5.57 Å². The van der Waals surface area contributed by atoms with Gasteiger partial charge in [0.05, 0.1) is 12.7 Å². The van der Waals surface area contributed by atoms with Gasteiger partial charge in [0.15, 0.2) is 0 Å². The zero-order valence-corrected chi connectivity index (χ0v) is 12.4. The lowest BCUT2D eigenvalue weighted by Crippen LogP contribution is -2.15. The van der Waals surface area contributed by atoms with Crippen LogP contribution in [0.4, 0.5) is 0 Å². The number of hydrogen-bond acceptors (Lipinski definition) is 5. The highest BCUT2D eigenvalue weighted by molar-refractivity contribution is 7.48. The first-order valence-electron chi connectivity index (χ1n) is 6.33. The van der Waals surface area contributed by atoms with Crippen LogP contribution in [0.5, 0.6) is 0 Å². The molecule has 0 saturated heterocycles. The lowest BCUT2D eigenvalue weighted by molar-refractivity contribution is -0.131. The van der Waals surface area contributed by atoms with Gasteiger partial charge in [-0.05, 0) is 13.3 Å². The molecular weight excluding hydrogens is 271 g/mol. The Hall–Kier alpha value is -0.680. The van der Waals surface area contributed by atoms with Crippen LogP contribution in [0, 0.1) is 0 Å². The molecular formula is C12H23O6P. The Balaban J connectivity index is 3.92. The van der Waals surface area contributed by atoms with E-state index in [1.54, 1.807) is 0 Å². The van der Waals surface area contributed by atoms with E-state index in [0.717, 1.165) is 25.7 Å². The van der Waals surface area contributed by atoms with Crippen molar-refractivity contribution >= 4 is 13.8 Å². The number of rotatable bonds is 10. The summed E-state index contributed by atoms with van der Waals surface area (Å²) in [6.07, 6.45) is 3.63. The molecule has 0 spiro atoms. The molecule has 0 aliphatic carbocycles. The van der Waals surface area contributed by atoms with E-state index in [1.165, 1.54) is 6.92 Å². The number of unbranched alkanes of at least 4 members (excludes halogenated alkanes) is 3. The molecule has 19 heavy (non-hydrogen) atoms. The van der Waals surface area contributed by atoms with Gasteiger partial charge in [0.2, 0.25) is 0 Å². The molecule has 2 atom stereocenters. The third-order valence-corrected chi connectivity index (χ3v) is 3.24. The molecule has 0 bridgehead atoms. The lowest BCUT2D eigenvalue weighted by Gasteiger charge is -2.14. The molecule has 2 unspecified atom stereocenters. The van der Waals surface area contributed by atoms with E-state index < -0.39 is 19.9 Å². The quantitative estimate of drug-likeness (QED) is 0.365. The summed E-state index contributed by atoms with van der Waals surface area (Å²) < 4.78 is 20.1. The fourth-order valence-corrected chi connectivity index (χ4v) is 2.06. The zero-order valence-electron chi connectivity index (χ0n) is 11.5. The molecule has 0 aliphatic rings. The van der Waals surface area contributed by atoms with Crippen molar-refractivity contribution in [3.8, 4) is 0 Å². The van der Waals surface area contributed by atoms with Gasteiger partial charge in [0.25, 0.3) is 0 Å². The lowest BCUT2D eigenvalue weighted by atomic mass is 10.1. The first-order chi connectivity index (χ1) is 8.78. The van der Waals surface area contributed by atoms with Crippen LogP contribution in [-0.2, 0) is 18.4 Å². The van der Waals surface area contributed by atoms with Gasteiger partial charge < -0.3 is 9.63 Å². The third kappa shape index (κ3) is 9.85. The average molecular weight is 294 g/mol.